The Morgan fingerprint density at radius 1 is 0.362 bits per heavy atom. The van der Waals surface area contributed by atoms with Gasteiger partial charge >= 0.3 is 0 Å². The molecule has 0 aromatic rings. The van der Waals surface area contributed by atoms with Gasteiger partial charge in [-0.15, -0.1) is 0 Å². The Morgan fingerprint density at radius 3 is 1.01 bits per heavy atom. The molecule has 1 amide bonds. The van der Waals surface area contributed by atoms with Crippen LogP contribution in [0, 0.1) is 0 Å². The summed E-state index contributed by atoms with van der Waals surface area (Å²) in [5.41, 5.74) is 0. The van der Waals surface area contributed by atoms with E-state index in [1.54, 1.807) is 6.08 Å². The van der Waals surface area contributed by atoms with E-state index in [2.05, 4.69) is 153 Å². The van der Waals surface area contributed by atoms with E-state index in [1.165, 1.54) is 109 Å². The quantitative estimate of drug-likeness (QED) is 0.0420. The fourth-order valence-electron chi connectivity index (χ4n) is 7.75. The van der Waals surface area contributed by atoms with Gasteiger partial charge in [-0.1, -0.05) is 269 Å². The minimum Gasteiger partial charge on any atom is -0.394 e. The molecule has 0 rings (SSSR count). The molecule has 0 saturated heterocycles. The van der Waals surface area contributed by atoms with Crippen molar-refractivity contribution >= 4 is 5.91 Å². The maximum Gasteiger partial charge on any atom is 0.220 e. The van der Waals surface area contributed by atoms with Crippen molar-refractivity contribution in [1.82, 2.24) is 5.32 Å². The average Bonchev–Trinajstić information content (AvgIpc) is 3.35. The van der Waals surface area contributed by atoms with Gasteiger partial charge < -0.3 is 15.5 Å². The summed E-state index contributed by atoms with van der Waals surface area (Å²) < 4.78 is 0. The SMILES string of the molecule is CC/C=C\C/C=C\C/C=C\C/C=C\C/C=C\C/C=C\C/C=C\C/C=C\C/C=C\C/C=C\CCCCCCCCCCC(=O)NC(CO)C(O)/C=C/CC/C=C/CCCCCCCCCCCCCC. The second-order valence-electron chi connectivity index (χ2n) is 18.6. The normalized spacial score (nSPS) is 14.0. The van der Waals surface area contributed by atoms with Crippen molar-refractivity contribution in [1.29, 1.82) is 0 Å². The smallest absolute Gasteiger partial charge is 0.220 e. The van der Waals surface area contributed by atoms with E-state index in [0.717, 1.165) is 109 Å². The standard InChI is InChI=1S/C65H107NO3/c1-3-5-7-9-11-13-15-17-19-21-23-24-25-26-27-28-29-30-31-32-33-34-35-36-37-38-39-40-41-42-43-45-47-49-51-53-55-57-59-61-65(69)66-63(62-67)64(68)60-58-56-54-52-50-48-46-44-22-20-18-16-14-12-10-8-6-4-2/h5,7,11,13,17,19,23-24,26-27,29-30,32-33,35-36,38-39,41-42,50,52,58,60,63-64,67-68H,3-4,6,8-10,12,14-16,18,20-22,25,28,31,34,37,40,43-49,51,53-57,59,61-62H2,1-2H3,(H,66,69)/b7-5-,13-11-,19-17-,24-23-,27-26-,30-29-,33-32-,36-35-,39-38-,42-41-,52-50+,60-58+. The molecule has 0 aliphatic carbocycles. The van der Waals surface area contributed by atoms with Crippen molar-refractivity contribution in [2.75, 3.05) is 6.61 Å². The number of amides is 1. The topological polar surface area (TPSA) is 69.6 Å². The van der Waals surface area contributed by atoms with Crippen LogP contribution < -0.4 is 5.32 Å². The molecule has 0 fully saturated rings. The molecule has 0 aliphatic rings. The number of nitrogens with one attached hydrogen (secondary N) is 1. The van der Waals surface area contributed by atoms with E-state index < -0.39 is 12.1 Å². The molecule has 0 radical (unpaired) electrons. The maximum absolute atomic E-state index is 12.5. The first-order valence-electron chi connectivity index (χ1n) is 28.5. The first-order valence-corrected chi connectivity index (χ1v) is 28.5. The summed E-state index contributed by atoms with van der Waals surface area (Å²) in [6.07, 6.45) is 92.8. The molecular weight excluding hydrogens is 843 g/mol. The monoisotopic (exact) mass is 950 g/mol. The number of unbranched alkanes of at least 4 members (excludes halogenated alkanes) is 21. The third kappa shape index (κ3) is 55.1. The number of aliphatic hydroxyl groups is 2. The molecule has 4 heteroatoms. The Bertz CT molecular complexity index is 1450. The Hall–Kier alpha value is -3.73. The third-order valence-corrected chi connectivity index (χ3v) is 12.1. The van der Waals surface area contributed by atoms with Crippen LogP contribution in [-0.4, -0.2) is 34.9 Å². The summed E-state index contributed by atoms with van der Waals surface area (Å²) in [4.78, 5) is 12.5. The molecule has 2 unspecified atom stereocenters. The minimum absolute atomic E-state index is 0.0880. The molecular formula is C65H107NO3. The Balaban J connectivity index is 3.66. The van der Waals surface area contributed by atoms with Gasteiger partial charge in [-0.25, -0.2) is 0 Å². The number of carbonyl (C=O) groups is 1. The zero-order chi connectivity index (χ0) is 49.9. The van der Waals surface area contributed by atoms with Crippen molar-refractivity contribution < 1.29 is 15.0 Å². The highest BCUT2D eigenvalue weighted by Gasteiger charge is 2.17. The van der Waals surface area contributed by atoms with Crippen molar-refractivity contribution in [3.63, 3.8) is 0 Å². The van der Waals surface area contributed by atoms with Crippen molar-refractivity contribution in [3.8, 4) is 0 Å². The van der Waals surface area contributed by atoms with E-state index in [1.807, 2.05) is 6.08 Å². The molecule has 4 nitrogen and oxygen atoms in total. The maximum atomic E-state index is 12.5. The van der Waals surface area contributed by atoms with Gasteiger partial charge in [0.2, 0.25) is 5.91 Å². The fraction of sp³-hybridized carbons (Fsp3) is 0.615. The van der Waals surface area contributed by atoms with Crippen LogP contribution in [0.1, 0.15) is 239 Å². The van der Waals surface area contributed by atoms with Crippen molar-refractivity contribution in [3.05, 3.63) is 146 Å². The van der Waals surface area contributed by atoms with Crippen LogP contribution in [0.2, 0.25) is 0 Å². The molecule has 0 aliphatic heterocycles. The second-order valence-corrected chi connectivity index (χ2v) is 18.6. The number of hydrogen-bond acceptors (Lipinski definition) is 3. The Kier molecular flexibility index (Phi) is 55.4. The van der Waals surface area contributed by atoms with Crippen LogP contribution in [0.25, 0.3) is 0 Å². The molecule has 69 heavy (non-hydrogen) atoms. The van der Waals surface area contributed by atoms with Crippen LogP contribution in [0.5, 0.6) is 0 Å². The first kappa shape index (κ1) is 65.3. The number of rotatable bonds is 50. The van der Waals surface area contributed by atoms with Gasteiger partial charge in [0.1, 0.15) is 0 Å². The summed E-state index contributed by atoms with van der Waals surface area (Å²) in [7, 11) is 0. The van der Waals surface area contributed by atoms with Gasteiger partial charge in [-0.2, -0.15) is 0 Å². The molecule has 0 aromatic heterocycles. The second kappa shape index (κ2) is 58.6. The van der Waals surface area contributed by atoms with Gasteiger partial charge in [0.15, 0.2) is 0 Å². The van der Waals surface area contributed by atoms with Gasteiger partial charge in [-0.05, 0) is 109 Å². The molecule has 0 aromatic carbocycles. The van der Waals surface area contributed by atoms with E-state index >= 15 is 0 Å². The van der Waals surface area contributed by atoms with Crippen molar-refractivity contribution in [2.24, 2.45) is 0 Å². The van der Waals surface area contributed by atoms with E-state index in [-0.39, 0.29) is 12.5 Å². The van der Waals surface area contributed by atoms with Crippen LogP contribution in [0.3, 0.4) is 0 Å². The highest BCUT2D eigenvalue weighted by molar-refractivity contribution is 5.76. The lowest BCUT2D eigenvalue weighted by molar-refractivity contribution is -0.123. The minimum atomic E-state index is -0.876. The van der Waals surface area contributed by atoms with E-state index in [0.29, 0.717) is 6.42 Å². The third-order valence-electron chi connectivity index (χ3n) is 12.1. The molecule has 0 heterocycles. The number of hydrogen-bond donors (Lipinski definition) is 3. The molecule has 2 atom stereocenters. The summed E-state index contributed by atoms with van der Waals surface area (Å²) in [6, 6.07) is -0.654. The number of aliphatic hydroxyl groups excluding tert-OH is 2. The Labute approximate surface area is 427 Å². The summed E-state index contributed by atoms with van der Waals surface area (Å²) in [5, 5.41) is 23.1. The zero-order valence-corrected chi connectivity index (χ0v) is 44.8. The zero-order valence-electron chi connectivity index (χ0n) is 44.8. The summed E-state index contributed by atoms with van der Waals surface area (Å²) >= 11 is 0. The van der Waals surface area contributed by atoms with Gasteiger partial charge in [0, 0.05) is 6.42 Å². The van der Waals surface area contributed by atoms with Crippen LogP contribution in [0.15, 0.2) is 146 Å². The first-order chi connectivity index (χ1) is 34.2. The molecule has 0 bridgehead atoms. The highest BCUT2D eigenvalue weighted by Crippen LogP contribution is 2.14. The predicted octanol–water partition coefficient (Wildman–Crippen LogP) is 19.2. The Morgan fingerprint density at radius 2 is 0.652 bits per heavy atom. The van der Waals surface area contributed by atoms with Crippen LogP contribution in [-0.2, 0) is 4.79 Å². The van der Waals surface area contributed by atoms with E-state index in [9.17, 15) is 15.0 Å². The van der Waals surface area contributed by atoms with Crippen LogP contribution >= 0.6 is 0 Å². The lowest BCUT2D eigenvalue weighted by atomic mass is 10.0. The fourth-order valence-corrected chi connectivity index (χ4v) is 7.75. The van der Waals surface area contributed by atoms with E-state index in [4.69, 9.17) is 0 Å². The molecule has 390 valence electrons. The van der Waals surface area contributed by atoms with Gasteiger partial charge in [-0.3, -0.25) is 4.79 Å². The summed E-state index contributed by atoms with van der Waals surface area (Å²) in [5.74, 6) is -0.0880. The highest BCUT2D eigenvalue weighted by atomic mass is 16.3. The van der Waals surface area contributed by atoms with Crippen LogP contribution in [0.4, 0.5) is 0 Å². The molecule has 3 N–H and O–H groups in total. The predicted molar refractivity (Wildman–Crippen MR) is 308 cm³/mol. The number of carbonyl (C=O) groups excluding carboxylic acids is 1. The number of allylic oxidation sites excluding steroid dienone is 23. The molecule has 0 spiro atoms. The van der Waals surface area contributed by atoms with Gasteiger partial charge in [0.05, 0.1) is 18.8 Å². The summed E-state index contributed by atoms with van der Waals surface area (Å²) in [6.45, 7) is 4.17. The average molecular weight is 951 g/mol. The van der Waals surface area contributed by atoms with Gasteiger partial charge in [0.25, 0.3) is 0 Å². The molecule has 0 saturated carbocycles. The largest absolute Gasteiger partial charge is 0.394 e. The lowest BCUT2D eigenvalue weighted by Gasteiger charge is -2.19. The lowest BCUT2D eigenvalue weighted by Crippen LogP contribution is -2.45. The van der Waals surface area contributed by atoms with Crippen molar-refractivity contribution in [2.45, 2.75) is 251 Å².